The monoisotopic (exact) mass is 333 g/mol. The van der Waals surface area contributed by atoms with Crippen LogP contribution in [0.5, 0.6) is 0 Å². The lowest BCUT2D eigenvalue weighted by Crippen LogP contribution is -2.41. The zero-order chi connectivity index (χ0) is 16.7. The van der Waals surface area contributed by atoms with Gasteiger partial charge in [0.25, 0.3) is 5.91 Å². The fraction of sp³-hybridized carbons (Fsp3) is 0.444. The minimum atomic E-state index is -0.713. The molecule has 0 heterocycles. The zero-order valence-corrected chi connectivity index (χ0v) is 13.7. The highest BCUT2D eigenvalue weighted by Crippen LogP contribution is 2.41. The Morgan fingerprint density at radius 2 is 2.04 bits per heavy atom. The van der Waals surface area contributed by atoms with Crippen LogP contribution in [0.3, 0.4) is 0 Å². The number of rotatable bonds is 5. The highest BCUT2D eigenvalue weighted by atomic mass is 35.5. The smallest absolute Gasteiger partial charge is 0.317 e. The number of carbonyl (C=O) groups excluding carboxylic acids is 2. The number of hydrogen-bond acceptors (Lipinski definition) is 3. The summed E-state index contributed by atoms with van der Waals surface area (Å²) in [7, 11) is 0. The molecule has 1 N–H and O–H groups in total. The highest BCUT2D eigenvalue weighted by molar-refractivity contribution is 6.30. The molecule has 1 aromatic carbocycles. The van der Waals surface area contributed by atoms with Crippen molar-refractivity contribution < 1.29 is 14.3 Å². The Morgan fingerprint density at radius 3 is 2.70 bits per heavy atom. The Hall–Kier alpha value is -1.99. The van der Waals surface area contributed by atoms with Gasteiger partial charge in [0.05, 0.1) is 12.0 Å². The number of hydrogen-bond donors (Lipinski definition) is 1. The van der Waals surface area contributed by atoms with Crippen LogP contribution in [0.1, 0.15) is 37.7 Å². The molecule has 0 aromatic heterocycles. The third-order valence-electron chi connectivity index (χ3n) is 4.20. The third kappa shape index (κ3) is 4.27. The number of nitrogens with one attached hydrogen (secondary N) is 1. The number of esters is 1. The van der Waals surface area contributed by atoms with E-state index in [1.165, 1.54) is 0 Å². The van der Waals surface area contributed by atoms with Crippen molar-refractivity contribution in [1.29, 1.82) is 0 Å². The molecule has 1 saturated carbocycles. The van der Waals surface area contributed by atoms with Gasteiger partial charge in [0, 0.05) is 5.02 Å². The van der Waals surface area contributed by atoms with Crippen LogP contribution in [0, 0.1) is 12.3 Å². The standard InChI is InChI=1S/C18H20ClNO3/c1-2-11-20-16(21)13-23-17(22)18(9-4-3-5-10-18)14-7-6-8-15(19)12-14/h1,6-8,12H,3-5,9-11,13H2,(H,20,21). The van der Waals surface area contributed by atoms with Gasteiger partial charge in [0.1, 0.15) is 0 Å². The number of halogens is 1. The summed E-state index contributed by atoms with van der Waals surface area (Å²) in [6.45, 7) is -0.196. The van der Waals surface area contributed by atoms with Crippen molar-refractivity contribution in [3.05, 3.63) is 34.9 Å². The van der Waals surface area contributed by atoms with Crippen molar-refractivity contribution in [3.63, 3.8) is 0 Å². The number of amides is 1. The van der Waals surface area contributed by atoms with E-state index in [0.717, 1.165) is 24.8 Å². The van der Waals surface area contributed by atoms with Crippen LogP contribution in [-0.2, 0) is 19.7 Å². The third-order valence-corrected chi connectivity index (χ3v) is 4.43. The van der Waals surface area contributed by atoms with E-state index in [9.17, 15) is 9.59 Å². The Labute approximate surface area is 141 Å². The van der Waals surface area contributed by atoms with Crippen LogP contribution in [0.4, 0.5) is 0 Å². The second kappa shape index (κ2) is 8.03. The second-order valence-corrected chi connectivity index (χ2v) is 6.15. The maximum atomic E-state index is 12.7. The van der Waals surface area contributed by atoms with Crippen LogP contribution >= 0.6 is 11.6 Å². The SMILES string of the molecule is C#CCNC(=O)COC(=O)C1(c2cccc(Cl)c2)CCCCC1. The topological polar surface area (TPSA) is 55.4 Å². The highest BCUT2D eigenvalue weighted by Gasteiger charge is 2.42. The Balaban J connectivity index is 2.13. The van der Waals surface area contributed by atoms with Crippen LogP contribution in [-0.4, -0.2) is 25.0 Å². The predicted molar refractivity (Wildman–Crippen MR) is 89.0 cm³/mol. The molecule has 1 amide bonds. The fourth-order valence-electron chi connectivity index (χ4n) is 3.02. The molecule has 0 radical (unpaired) electrons. The first-order valence-electron chi connectivity index (χ1n) is 7.72. The van der Waals surface area contributed by atoms with E-state index >= 15 is 0 Å². The Kier molecular flexibility index (Phi) is 6.06. The maximum absolute atomic E-state index is 12.7. The molecule has 2 rings (SSSR count). The fourth-order valence-corrected chi connectivity index (χ4v) is 3.21. The summed E-state index contributed by atoms with van der Waals surface area (Å²) >= 11 is 6.08. The predicted octanol–water partition coefficient (Wildman–Crippen LogP) is 2.83. The minimum absolute atomic E-state index is 0.121. The molecule has 23 heavy (non-hydrogen) atoms. The summed E-state index contributed by atoms with van der Waals surface area (Å²) in [6.07, 6.45) is 9.48. The van der Waals surface area contributed by atoms with Crippen LogP contribution < -0.4 is 5.32 Å². The minimum Gasteiger partial charge on any atom is -0.455 e. The number of benzene rings is 1. The molecular weight excluding hydrogens is 314 g/mol. The van der Waals surface area contributed by atoms with Gasteiger partial charge in [-0.15, -0.1) is 6.42 Å². The molecule has 4 nitrogen and oxygen atoms in total. The van der Waals surface area contributed by atoms with Gasteiger partial charge < -0.3 is 10.1 Å². The van der Waals surface area contributed by atoms with Gasteiger partial charge in [0.15, 0.2) is 6.61 Å². The Morgan fingerprint density at radius 1 is 1.30 bits per heavy atom. The first-order chi connectivity index (χ1) is 11.1. The molecule has 0 aliphatic heterocycles. The summed E-state index contributed by atoms with van der Waals surface area (Å²) in [5.74, 6) is 1.54. The number of carbonyl (C=O) groups is 2. The quantitative estimate of drug-likeness (QED) is 0.666. The maximum Gasteiger partial charge on any atom is 0.317 e. The lowest BCUT2D eigenvalue weighted by atomic mass is 9.69. The molecule has 0 spiro atoms. The first kappa shape index (κ1) is 17.4. The summed E-state index contributed by atoms with van der Waals surface area (Å²) in [5.41, 5.74) is 0.147. The first-order valence-corrected chi connectivity index (χ1v) is 8.10. The molecule has 1 aromatic rings. The lowest BCUT2D eigenvalue weighted by Gasteiger charge is -2.35. The van der Waals surface area contributed by atoms with E-state index in [2.05, 4.69) is 11.2 Å². The van der Waals surface area contributed by atoms with Crippen molar-refractivity contribution in [2.45, 2.75) is 37.5 Å². The molecule has 1 aliphatic rings. The van der Waals surface area contributed by atoms with E-state index in [0.29, 0.717) is 17.9 Å². The van der Waals surface area contributed by atoms with Gasteiger partial charge in [0.2, 0.25) is 0 Å². The molecule has 1 aliphatic carbocycles. The Bertz CT molecular complexity index is 615. The van der Waals surface area contributed by atoms with Gasteiger partial charge >= 0.3 is 5.97 Å². The molecule has 0 unspecified atom stereocenters. The molecule has 1 fully saturated rings. The molecule has 0 atom stereocenters. The average molecular weight is 334 g/mol. The van der Waals surface area contributed by atoms with Crippen LogP contribution in [0.2, 0.25) is 5.02 Å². The summed E-state index contributed by atoms with van der Waals surface area (Å²) < 4.78 is 5.28. The van der Waals surface area contributed by atoms with E-state index in [1.807, 2.05) is 18.2 Å². The van der Waals surface area contributed by atoms with Crippen molar-refractivity contribution in [2.75, 3.05) is 13.2 Å². The molecule has 5 heteroatoms. The van der Waals surface area contributed by atoms with Gasteiger partial charge in [-0.05, 0) is 30.5 Å². The van der Waals surface area contributed by atoms with Crippen LogP contribution in [0.25, 0.3) is 0 Å². The van der Waals surface area contributed by atoms with Crippen LogP contribution in [0.15, 0.2) is 24.3 Å². The molecule has 0 bridgehead atoms. The summed E-state index contributed by atoms with van der Waals surface area (Å²) in [4.78, 5) is 24.3. The van der Waals surface area contributed by atoms with Crippen molar-refractivity contribution in [3.8, 4) is 12.3 Å². The van der Waals surface area contributed by atoms with Gasteiger partial charge in [-0.3, -0.25) is 9.59 Å². The molecule has 0 saturated heterocycles. The molecule has 122 valence electrons. The van der Waals surface area contributed by atoms with E-state index in [4.69, 9.17) is 22.8 Å². The molecular formula is C18H20ClNO3. The number of terminal acetylenes is 1. The van der Waals surface area contributed by atoms with Gasteiger partial charge in [-0.25, -0.2) is 0 Å². The van der Waals surface area contributed by atoms with Crippen molar-refractivity contribution in [2.24, 2.45) is 0 Å². The zero-order valence-electron chi connectivity index (χ0n) is 12.9. The van der Waals surface area contributed by atoms with Gasteiger partial charge in [-0.1, -0.05) is 48.9 Å². The van der Waals surface area contributed by atoms with Crippen molar-refractivity contribution in [1.82, 2.24) is 5.32 Å². The van der Waals surface area contributed by atoms with E-state index in [-0.39, 0.29) is 19.1 Å². The largest absolute Gasteiger partial charge is 0.455 e. The average Bonchev–Trinajstić information content (AvgIpc) is 2.58. The number of ether oxygens (including phenoxy) is 1. The normalized spacial score (nSPS) is 16.2. The lowest BCUT2D eigenvalue weighted by molar-refractivity contribution is -0.155. The van der Waals surface area contributed by atoms with Crippen molar-refractivity contribution >= 4 is 23.5 Å². The summed E-state index contributed by atoms with van der Waals surface area (Å²) in [6, 6.07) is 7.32. The van der Waals surface area contributed by atoms with E-state index in [1.54, 1.807) is 6.07 Å². The second-order valence-electron chi connectivity index (χ2n) is 5.71. The van der Waals surface area contributed by atoms with Gasteiger partial charge in [-0.2, -0.15) is 0 Å². The summed E-state index contributed by atoms with van der Waals surface area (Å²) in [5, 5.41) is 3.07. The van der Waals surface area contributed by atoms with E-state index < -0.39 is 11.3 Å².